The molecule has 6 heteroatoms. The first-order valence-electron chi connectivity index (χ1n) is 5.23. The number of nitrogens with one attached hydrogen (secondary N) is 3. The Bertz CT molecular complexity index is 533. The minimum atomic E-state index is -0.319. The fraction of sp³-hybridized carbons (Fsp3) is 0. The Balaban J connectivity index is 1.86. The number of anilines is 2. The normalized spacial score (nSPS) is 9.61. The number of benzene rings is 1. The summed E-state index contributed by atoms with van der Waals surface area (Å²) in [6.45, 7) is 0. The summed E-state index contributed by atoms with van der Waals surface area (Å²) in [6.07, 6.45) is 1.66. The lowest BCUT2D eigenvalue weighted by atomic mass is 10.3. The minimum absolute atomic E-state index is 0.319. The van der Waals surface area contributed by atoms with Gasteiger partial charge in [0, 0.05) is 11.9 Å². The molecule has 1 heterocycles. The monoisotopic (exact) mass is 262 g/mol. The molecule has 0 unspecified atom stereocenters. The quantitative estimate of drug-likeness (QED) is 0.586. The number of halogens is 1. The molecule has 0 aliphatic carbocycles. The van der Waals surface area contributed by atoms with Gasteiger partial charge >= 0.3 is 0 Å². The zero-order valence-electron chi connectivity index (χ0n) is 9.35. The fourth-order valence-electron chi connectivity index (χ4n) is 1.29. The summed E-state index contributed by atoms with van der Waals surface area (Å²) in [4.78, 5) is 4.05. The topological polar surface area (TPSA) is 49.0 Å². The summed E-state index contributed by atoms with van der Waals surface area (Å²) in [5, 5.41) is 3.17. The molecule has 92 valence electrons. The standard InChI is InChI=1S/C12H11FN4S/c13-9-4-3-5-10(8-9)15-12(18)17-16-11-6-1-2-7-14-11/h1-8H,(H,14,16)(H2,15,17,18). The predicted octanol–water partition coefficient (Wildman–Crippen LogP) is 2.53. The van der Waals surface area contributed by atoms with E-state index in [1.54, 1.807) is 24.4 Å². The van der Waals surface area contributed by atoms with E-state index in [1.807, 2.05) is 12.1 Å². The van der Waals surface area contributed by atoms with E-state index in [0.717, 1.165) is 0 Å². The highest BCUT2D eigenvalue weighted by atomic mass is 32.1. The Morgan fingerprint density at radius 3 is 2.78 bits per heavy atom. The second-order valence-electron chi connectivity index (χ2n) is 3.43. The predicted molar refractivity (Wildman–Crippen MR) is 73.6 cm³/mol. The van der Waals surface area contributed by atoms with Crippen LogP contribution in [0.1, 0.15) is 0 Å². The van der Waals surface area contributed by atoms with Gasteiger partial charge in [0.25, 0.3) is 0 Å². The number of pyridine rings is 1. The lowest BCUT2D eigenvalue weighted by Crippen LogP contribution is -2.33. The molecule has 0 saturated carbocycles. The number of hydrazine groups is 1. The van der Waals surface area contributed by atoms with Gasteiger partial charge in [0.2, 0.25) is 0 Å². The summed E-state index contributed by atoms with van der Waals surface area (Å²) < 4.78 is 12.9. The van der Waals surface area contributed by atoms with Crippen LogP contribution >= 0.6 is 12.2 Å². The summed E-state index contributed by atoms with van der Waals surface area (Å²) in [7, 11) is 0. The molecule has 0 amide bonds. The largest absolute Gasteiger partial charge is 0.331 e. The lowest BCUT2D eigenvalue weighted by Gasteiger charge is -2.11. The van der Waals surface area contributed by atoms with Gasteiger partial charge in [0.05, 0.1) is 0 Å². The van der Waals surface area contributed by atoms with E-state index in [9.17, 15) is 4.39 Å². The summed E-state index contributed by atoms with van der Waals surface area (Å²) in [6, 6.07) is 11.5. The molecule has 0 spiro atoms. The van der Waals surface area contributed by atoms with E-state index >= 15 is 0 Å². The van der Waals surface area contributed by atoms with Gasteiger partial charge in [0.1, 0.15) is 11.6 Å². The van der Waals surface area contributed by atoms with E-state index in [4.69, 9.17) is 12.2 Å². The van der Waals surface area contributed by atoms with Crippen molar-refractivity contribution < 1.29 is 4.39 Å². The molecule has 0 aliphatic rings. The average Bonchev–Trinajstić information content (AvgIpc) is 2.38. The average molecular weight is 262 g/mol. The third kappa shape index (κ3) is 3.67. The van der Waals surface area contributed by atoms with Gasteiger partial charge in [-0.25, -0.2) is 9.37 Å². The van der Waals surface area contributed by atoms with Crippen molar-refractivity contribution in [1.29, 1.82) is 0 Å². The van der Waals surface area contributed by atoms with Crippen LogP contribution in [0.3, 0.4) is 0 Å². The Hall–Kier alpha value is -2.21. The second kappa shape index (κ2) is 5.92. The van der Waals surface area contributed by atoms with Crippen LogP contribution in [-0.2, 0) is 0 Å². The van der Waals surface area contributed by atoms with Crippen molar-refractivity contribution in [3.8, 4) is 0 Å². The Morgan fingerprint density at radius 1 is 1.17 bits per heavy atom. The molecule has 1 aromatic carbocycles. The van der Waals surface area contributed by atoms with Crippen molar-refractivity contribution in [3.05, 3.63) is 54.5 Å². The summed E-state index contributed by atoms with van der Waals surface area (Å²) >= 11 is 5.04. The molecular formula is C12H11FN4S. The van der Waals surface area contributed by atoms with Crippen molar-refractivity contribution in [2.45, 2.75) is 0 Å². The van der Waals surface area contributed by atoms with Crippen LogP contribution in [0, 0.1) is 5.82 Å². The number of thiocarbonyl (C=S) groups is 1. The molecule has 18 heavy (non-hydrogen) atoms. The van der Waals surface area contributed by atoms with Gasteiger partial charge in [-0.15, -0.1) is 0 Å². The number of rotatable bonds is 3. The van der Waals surface area contributed by atoms with Crippen LogP contribution in [0.4, 0.5) is 15.9 Å². The highest BCUT2D eigenvalue weighted by molar-refractivity contribution is 7.80. The Kier molecular flexibility index (Phi) is 4.03. The zero-order valence-corrected chi connectivity index (χ0v) is 10.2. The molecule has 4 nitrogen and oxygen atoms in total. The van der Waals surface area contributed by atoms with E-state index < -0.39 is 0 Å². The lowest BCUT2D eigenvalue weighted by molar-refractivity contribution is 0.628. The van der Waals surface area contributed by atoms with E-state index in [2.05, 4.69) is 21.2 Å². The highest BCUT2D eigenvalue weighted by Gasteiger charge is 1.98. The van der Waals surface area contributed by atoms with Crippen LogP contribution in [-0.4, -0.2) is 10.1 Å². The fourth-order valence-corrected chi connectivity index (χ4v) is 1.45. The summed E-state index contributed by atoms with van der Waals surface area (Å²) in [5.41, 5.74) is 6.15. The SMILES string of the molecule is Fc1cccc(NC(=S)NNc2ccccn2)c1. The first-order chi connectivity index (χ1) is 8.74. The van der Waals surface area contributed by atoms with Gasteiger partial charge in [-0.2, -0.15) is 0 Å². The molecule has 0 aliphatic heterocycles. The zero-order chi connectivity index (χ0) is 12.8. The maximum atomic E-state index is 12.9. The molecule has 0 bridgehead atoms. The van der Waals surface area contributed by atoms with Crippen LogP contribution in [0.15, 0.2) is 48.7 Å². The van der Waals surface area contributed by atoms with Crippen molar-refractivity contribution in [1.82, 2.24) is 10.4 Å². The van der Waals surface area contributed by atoms with Crippen LogP contribution < -0.4 is 16.2 Å². The third-order valence-corrected chi connectivity index (χ3v) is 2.26. The summed E-state index contributed by atoms with van der Waals surface area (Å²) in [5.74, 6) is 0.321. The van der Waals surface area contributed by atoms with Gasteiger partial charge in [-0.05, 0) is 42.5 Å². The van der Waals surface area contributed by atoms with Gasteiger partial charge in [-0.1, -0.05) is 12.1 Å². The smallest absolute Gasteiger partial charge is 0.189 e. The van der Waals surface area contributed by atoms with Crippen molar-refractivity contribution in [3.63, 3.8) is 0 Å². The minimum Gasteiger partial charge on any atom is -0.331 e. The maximum Gasteiger partial charge on any atom is 0.189 e. The van der Waals surface area contributed by atoms with Crippen LogP contribution in [0.25, 0.3) is 0 Å². The van der Waals surface area contributed by atoms with Gasteiger partial charge in [-0.3, -0.25) is 10.9 Å². The van der Waals surface area contributed by atoms with Crippen LogP contribution in [0.2, 0.25) is 0 Å². The molecule has 0 atom stereocenters. The van der Waals surface area contributed by atoms with E-state index in [1.165, 1.54) is 12.1 Å². The van der Waals surface area contributed by atoms with E-state index in [-0.39, 0.29) is 5.82 Å². The van der Waals surface area contributed by atoms with Gasteiger partial charge in [0.15, 0.2) is 5.11 Å². The first kappa shape index (κ1) is 12.3. The number of nitrogens with zero attached hydrogens (tertiary/aromatic N) is 1. The third-order valence-electron chi connectivity index (χ3n) is 2.05. The van der Waals surface area contributed by atoms with Crippen molar-refractivity contribution in [2.75, 3.05) is 10.7 Å². The first-order valence-corrected chi connectivity index (χ1v) is 5.64. The molecule has 2 rings (SSSR count). The maximum absolute atomic E-state index is 12.9. The van der Waals surface area contributed by atoms with Crippen molar-refractivity contribution in [2.24, 2.45) is 0 Å². The number of aromatic nitrogens is 1. The van der Waals surface area contributed by atoms with E-state index in [0.29, 0.717) is 16.6 Å². The second-order valence-corrected chi connectivity index (χ2v) is 3.84. The molecule has 2 aromatic rings. The molecule has 0 saturated heterocycles. The molecule has 0 fully saturated rings. The number of hydrogen-bond acceptors (Lipinski definition) is 3. The Labute approximate surface area is 109 Å². The molecule has 0 radical (unpaired) electrons. The molecule has 3 N–H and O–H groups in total. The van der Waals surface area contributed by atoms with Crippen LogP contribution in [0.5, 0.6) is 0 Å². The van der Waals surface area contributed by atoms with Crippen molar-refractivity contribution >= 4 is 28.8 Å². The Morgan fingerprint density at radius 2 is 2.06 bits per heavy atom. The molecule has 1 aromatic heterocycles. The number of hydrogen-bond donors (Lipinski definition) is 3. The highest BCUT2D eigenvalue weighted by Crippen LogP contribution is 2.08. The molecular weight excluding hydrogens is 251 g/mol. The van der Waals surface area contributed by atoms with Gasteiger partial charge < -0.3 is 5.32 Å².